The first-order chi connectivity index (χ1) is 15.6. The van der Waals surface area contributed by atoms with Crippen LogP contribution < -0.4 is 5.32 Å². The lowest BCUT2D eigenvalue weighted by Crippen LogP contribution is -2.14. The fourth-order valence-corrected chi connectivity index (χ4v) is 3.66. The van der Waals surface area contributed by atoms with Crippen molar-refractivity contribution in [2.45, 2.75) is 12.8 Å². The van der Waals surface area contributed by atoms with E-state index in [4.69, 9.17) is 0 Å². The summed E-state index contributed by atoms with van der Waals surface area (Å²) in [4.78, 5) is 24.5. The normalized spacial score (nSPS) is 10.5. The molecule has 0 saturated carbocycles. The quantitative estimate of drug-likeness (QED) is 0.395. The van der Waals surface area contributed by atoms with Gasteiger partial charge in [-0.15, -0.1) is 0 Å². The summed E-state index contributed by atoms with van der Waals surface area (Å²) < 4.78 is 0. The van der Waals surface area contributed by atoms with Crippen LogP contribution in [-0.4, -0.2) is 17.0 Å². The van der Waals surface area contributed by atoms with Crippen molar-refractivity contribution in [3.05, 3.63) is 137 Å². The van der Waals surface area contributed by atoms with Crippen molar-refractivity contribution >= 4 is 17.6 Å². The van der Waals surface area contributed by atoms with E-state index in [1.807, 2.05) is 66.7 Å². The van der Waals surface area contributed by atoms with Gasteiger partial charge >= 0.3 is 5.97 Å². The van der Waals surface area contributed by atoms with Gasteiger partial charge in [-0.2, -0.15) is 0 Å². The summed E-state index contributed by atoms with van der Waals surface area (Å²) in [6.07, 6.45) is 1.26. The monoisotopic (exact) mass is 421 g/mol. The molecule has 0 radical (unpaired) electrons. The molecule has 0 fully saturated rings. The number of carbonyl (C=O) groups excluding carboxylic acids is 1. The summed E-state index contributed by atoms with van der Waals surface area (Å²) in [5.74, 6) is -1.22. The molecule has 0 aliphatic heterocycles. The molecule has 4 heteroatoms. The van der Waals surface area contributed by atoms with Crippen LogP contribution in [0.25, 0.3) is 0 Å². The summed E-state index contributed by atoms with van der Waals surface area (Å²) in [5, 5.41) is 12.4. The number of carboxylic acids is 1. The summed E-state index contributed by atoms with van der Waals surface area (Å²) in [7, 11) is 0. The van der Waals surface area contributed by atoms with Gasteiger partial charge in [0.2, 0.25) is 0 Å². The first-order valence-corrected chi connectivity index (χ1v) is 10.4. The van der Waals surface area contributed by atoms with E-state index in [1.165, 1.54) is 11.6 Å². The Kier molecular flexibility index (Phi) is 6.42. The highest BCUT2D eigenvalue weighted by molar-refractivity contribution is 6.05. The molecule has 0 aliphatic carbocycles. The largest absolute Gasteiger partial charge is 0.478 e. The van der Waals surface area contributed by atoms with Gasteiger partial charge in [-0.1, -0.05) is 72.8 Å². The zero-order chi connectivity index (χ0) is 22.3. The van der Waals surface area contributed by atoms with Crippen molar-refractivity contribution < 1.29 is 14.7 Å². The highest BCUT2D eigenvalue weighted by Crippen LogP contribution is 2.23. The summed E-state index contributed by atoms with van der Waals surface area (Å²) in [6, 6.07) is 32.2. The van der Waals surface area contributed by atoms with E-state index in [1.54, 1.807) is 18.2 Å². The van der Waals surface area contributed by atoms with E-state index in [9.17, 15) is 14.7 Å². The van der Waals surface area contributed by atoms with E-state index < -0.39 is 5.97 Å². The molecule has 0 spiro atoms. The topological polar surface area (TPSA) is 66.4 Å². The second-order valence-corrected chi connectivity index (χ2v) is 7.66. The standard InChI is InChI=1S/C28H23NO3/c30-27(23-13-7-12-22(18-23)16-20-8-3-1-4-9-20)29-26-15-14-24(28(31)32)19-25(26)17-21-10-5-2-6-11-21/h1-15,18-19H,16-17H2,(H,29,30)(H,31,32). The molecule has 2 N–H and O–H groups in total. The number of benzene rings is 4. The third-order valence-electron chi connectivity index (χ3n) is 5.28. The van der Waals surface area contributed by atoms with Crippen LogP contribution in [0, 0.1) is 0 Å². The molecule has 0 aliphatic rings. The highest BCUT2D eigenvalue weighted by Gasteiger charge is 2.13. The van der Waals surface area contributed by atoms with Crippen molar-refractivity contribution in [3.63, 3.8) is 0 Å². The van der Waals surface area contributed by atoms with Crippen LogP contribution in [0.5, 0.6) is 0 Å². The van der Waals surface area contributed by atoms with Crippen molar-refractivity contribution in [2.75, 3.05) is 5.32 Å². The Balaban J connectivity index is 1.57. The Morgan fingerprint density at radius 3 is 1.91 bits per heavy atom. The maximum Gasteiger partial charge on any atom is 0.335 e. The van der Waals surface area contributed by atoms with Crippen LogP contribution in [0.3, 0.4) is 0 Å². The van der Waals surface area contributed by atoms with Gasteiger partial charge < -0.3 is 10.4 Å². The van der Waals surface area contributed by atoms with E-state index >= 15 is 0 Å². The number of rotatable bonds is 7. The molecule has 4 aromatic rings. The Labute approximate surface area is 187 Å². The van der Waals surface area contributed by atoms with Gasteiger partial charge in [0.15, 0.2) is 0 Å². The first kappa shape index (κ1) is 21.1. The lowest BCUT2D eigenvalue weighted by molar-refractivity contribution is 0.0696. The lowest BCUT2D eigenvalue weighted by atomic mass is 10.00. The van der Waals surface area contributed by atoms with Crippen molar-refractivity contribution in [3.8, 4) is 0 Å². The smallest absolute Gasteiger partial charge is 0.335 e. The number of nitrogens with one attached hydrogen (secondary N) is 1. The predicted molar refractivity (Wildman–Crippen MR) is 126 cm³/mol. The van der Waals surface area contributed by atoms with Gasteiger partial charge in [0.05, 0.1) is 5.56 Å². The predicted octanol–water partition coefficient (Wildman–Crippen LogP) is 5.82. The lowest BCUT2D eigenvalue weighted by Gasteiger charge is -2.13. The molecule has 0 heterocycles. The van der Waals surface area contributed by atoms with Crippen LogP contribution in [0.15, 0.2) is 103 Å². The van der Waals surface area contributed by atoms with Gasteiger partial charge in [0.25, 0.3) is 5.91 Å². The molecule has 158 valence electrons. The number of amides is 1. The van der Waals surface area contributed by atoms with Gasteiger partial charge in [-0.25, -0.2) is 4.79 Å². The SMILES string of the molecule is O=C(O)c1ccc(NC(=O)c2cccc(Cc3ccccc3)c2)c(Cc2ccccc2)c1. The van der Waals surface area contributed by atoms with Crippen LogP contribution >= 0.6 is 0 Å². The molecule has 1 amide bonds. The summed E-state index contributed by atoms with van der Waals surface area (Å²) in [6.45, 7) is 0. The molecule has 0 bridgehead atoms. The fourth-order valence-electron chi connectivity index (χ4n) is 3.66. The highest BCUT2D eigenvalue weighted by atomic mass is 16.4. The minimum absolute atomic E-state index is 0.193. The van der Waals surface area contributed by atoms with Gasteiger partial charge in [-0.3, -0.25) is 4.79 Å². The molecule has 4 rings (SSSR count). The zero-order valence-electron chi connectivity index (χ0n) is 17.5. The van der Waals surface area contributed by atoms with E-state index in [2.05, 4.69) is 17.4 Å². The van der Waals surface area contributed by atoms with Gasteiger partial charge in [0.1, 0.15) is 0 Å². The zero-order valence-corrected chi connectivity index (χ0v) is 17.5. The third-order valence-corrected chi connectivity index (χ3v) is 5.28. The maximum absolute atomic E-state index is 13.0. The van der Waals surface area contributed by atoms with Crippen molar-refractivity contribution in [2.24, 2.45) is 0 Å². The van der Waals surface area contributed by atoms with E-state index in [0.717, 1.165) is 23.1 Å². The van der Waals surface area contributed by atoms with E-state index in [-0.39, 0.29) is 11.5 Å². The molecule has 4 nitrogen and oxygen atoms in total. The number of aromatic carboxylic acids is 1. The molecule has 0 aromatic heterocycles. The van der Waals surface area contributed by atoms with Crippen LogP contribution in [0.4, 0.5) is 5.69 Å². The number of carboxylic acid groups (broad SMARTS) is 1. The summed E-state index contributed by atoms with van der Waals surface area (Å²) in [5.41, 5.74) is 5.39. The van der Waals surface area contributed by atoms with Crippen LogP contribution in [-0.2, 0) is 12.8 Å². The second-order valence-electron chi connectivity index (χ2n) is 7.66. The van der Waals surface area contributed by atoms with Gasteiger partial charge in [-0.05, 0) is 65.4 Å². The third kappa shape index (κ3) is 5.29. The maximum atomic E-state index is 13.0. The van der Waals surface area contributed by atoms with Gasteiger partial charge in [0, 0.05) is 11.3 Å². The molecular formula is C28H23NO3. The Morgan fingerprint density at radius 1 is 0.625 bits per heavy atom. The minimum Gasteiger partial charge on any atom is -0.478 e. The average Bonchev–Trinajstić information content (AvgIpc) is 2.81. The molecular weight excluding hydrogens is 398 g/mol. The summed E-state index contributed by atoms with van der Waals surface area (Å²) >= 11 is 0. The average molecular weight is 421 g/mol. The molecule has 0 saturated heterocycles. The first-order valence-electron chi connectivity index (χ1n) is 10.4. The Bertz CT molecular complexity index is 1230. The van der Waals surface area contributed by atoms with Crippen molar-refractivity contribution in [1.82, 2.24) is 0 Å². The molecule has 0 atom stereocenters. The Hall–Kier alpha value is -4.18. The fraction of sp³-hybridized carbons (Fsp3) is 0.0714. The van der Waals surface area contributed by atoms with Crippen LogP contribution in [0.1, 0.15) is 43.0 Å². The molecule has 0 unspecified atom stereocenters. The number of hydrogen-bond acceptors (Lipinski definition) is 2. The van der Waals surface area contributed by atoms with Crippen molar-refractivity contribution in [1.29, 1.82) is 0 Å². The molecule has 32 heavy (non-hydrogen) atoms. The second kappa shape index (κ2) is 9.75. The number of carbonyl (C=O) groups is 2. The van der Waals surface area contributed by atoms with Crippen LogP contribution in [0.2, 0.25) is 0 Å². The molecule has 4 aromatic carbocycles. The minimum atomic E-state index is -0.995. The number of anilines is 1. The number of hydrogen-bond donors (Lipinski definition) is 2. The Morgan fingerprint density at radius 2 is 1.25 bits per heavy atom. The van der Waals surface area contributed by atoms with E-state index in [0.29, 0.717) is 17.7 Å².